The maximum Gasteiger partial charge on any atom is 0.212 e. The standard InChI is InChI=1S/C15H15ClN4O/c1-10-5-6-17-15-14(10)19-12(7-16)20(15)9-11-3-4-13(21-2)18-8-11/h3-6,8H,7,9H2,1-2H3. The zero-order chi connectivity index (χ0) is 14.8. The molecule has 3 aromatic rings. The molecule has 3 aromatic heterocycles. The third-order valence-corrected chi connectivity index (χ3v) is 3.62. The maximum absolute atomic E-state index is 6.02. The van der Waals surface area contributed by atoms with Crippen molar-refractivity contribution in [2.75, 3.05) is 7.11 Å². The second-order valence-corrected chi connectivity index (χ2v) is 5.02. The fourth-order valence-corrected chi connectivity index (χ4v) is 2.46. The highest BCUT2D eigenvalue weighted by Crippen LogP contribution is 2.20. The van der Waals surface area contributed by atoms with Crippen LogP contribution < -0.4 is 4.74 Å². The summed E-state index contributed by atoms with van der Waals surface area (Å²) in [5, 5.41) is 0. The highest BCUT2D eigenvalue weighted by atomic mass is 35.5. The number of ether oxygens (including phenoxy) is 1. The van der Waals surface area contributed by atoms with Crippen molar-refractivity contribution >= 4 is 22.8 Å². The normalized spacial score (nSPS) is 11.0. The summed E-state index contributed by atoms with van der Waals surface area (Å²) in [5.74, 6) is 1.75. The number of hydrogen-bond acceptors (Lipinski definition) is 4. The molecule has 0 atom stereocenters. The van der Waals surface area contributed by atoms with Gasteiger partial charge in [-0.1, -0.05) is 6.07 Å². The second-order valence-electron chi connectivity index (χ2n) is 4.76. The summed E-state index contributed by atoms with van der Waals surface area (Å²) in [6.45, 7) is 2.65. The molecule has 21 heavy (non-hydrogen) atoms. The number of aromatic nitrogens is 4. The minimum absolute atomic E-state index is 0.347. The van der Waals surface area contributed by atoms with E-state index in [0.29, 0.717) is 18.3 Å². The van der Waals surface area contributed by atoms with Gasteiger partial charge in [0.25, 0.3) is 0 Å². The lowest BCUT2D eigenvalue weighted by atomic mass is 10.2. The van der Waals surface area contributed by atoms with Crippen molar-refractivity contribution in [1.82, 2.24) is 19.5 Å². The van der Waals surface area contributed by atoms with Gasteiger partial charge in [-0.25, -0.2) is 15.0 Å². The average molecular weight is 303 g/mol. The zero-order valence-corrected chi connectivity index (χ0v) is 12.6. The first kappa shape index (κ1) is 13.8. The van der Waals surface area contributed by atoms with Crippen LogP contribution >= 0.6 is 11.6 Å². The minimum atomic E-state index is 0.347. The van der Waals surface area contributed by atoms with Crippen molar-refractivity contribution in [3.63, 3.8) is 0 Å². The Morgan fingerprint density at radius 2 is 2.10 bits per heavy atom. The SMILES string of the molecule is COc1ccc(Cn2c(CCl)nc3c(C)ccnc32)cn1. The van der Waals surface area contributed by atoms with Gasteiger partial charge in [-0.05, 0) is 24.1 Å². The molecule has 0 bridgehead atoms. The molecule has 0 aromatic carbocycles. The van der Waals surface area contributed by atoms with E-state index in [1.165, 1.54) is 0 Å². The number of nitrogens with zero attached hydrogens (tertiary/aromatic N) is 4. The average Bonchev–Trinajstić information content (AvgIpc) is 2.87. The van der Waals surface area contributed by atoms with Crippen LogP contribution in [-0.4, -0.2) is 26.6 Å². The molecule has 0 fully saturated rings. The van der Waals surface area contributed by atoms with Gasteiger partial charge in [0.05, 0.1) is 19.5 Å². The van der Waals surface area contributed by atoms with Gasteiger partial charge in [-0.2, -0.15) is 0 Å². The number of pyridine rings is 2. The molecule has 0 aliphatic rings. The van der Waals surface area contributed by atoms with Crippen LogP contribution in [-0.2, 0) is 12.4 Å². The van der Waals surface area contributed by atoms with E-state index in [9.17, 15) is 0 Å². The highest BCUT2D eigenvalue weighted by molar-refractivity contribution is 6.16. The number of hydrogen-bond donors (Lipinski definition) is 0. The largest absolute Gasteiger partial charge is 0.481 e. The van der Waals surface area contributed by atoms with E-state index in [0.717, 1.165) is 28.1 Å². The number of alkyl halides is 1. The van der Waals surface area contributed by atoms with Crippen molar-refractivity contribution in [1.29, 1.82) is 0 Å². The van der Waals surface area contributed by atoms with Gasteiger partial charge in [0.15, 0.2) is 5.65 Å². The van der Waals surface area contributed by atoms with E-state index in [2.05, 4.69) is 15.0 Å². The molecule has 0 aliphatic carbocycles. The van der Waals surface area contributed by atoms with Gasteiger partial charge < -0.3 is 9.30 Å². The Kier molecular flexibility index (Phi) is 3.75. The monoisotopic (exact) mass is 302 g/mol. The zero-order valence-electron chi connectivity index (χ0n) is 11.9. The van der Waals surface area contributed by atoms with Gasteiger partial charge in [0, 0.05) is 18.5 Å². The van der Waals surface area contributed by atoms with Crippen molar-refractivity contribution in [2.45, 2.75) is 19.3 Å². The Hall–Kier alpha value is -2.14. The molecular weight excluding hydrogens is 288 g/mol. The predicted molar refractivity (Wildman–Crippen MR) is 81.7 cm³/mol. The molecule has 0 unspecified atom stereocenters. The van der Waals surface area contributed by atoms with Crippen molar-refractivity contribution in [3.8, 4) is 5.88 Å². The van der Waals surface area contributed by atoms with E-state index in [1.54, 1.807) is 19.5 Å². The van der Waals surface area contributed by atoms with Crippen molar-refractivity contribution in [2.24, 2.45) is 0 Å². The lowest BCUT2D eigenvalue weighted by molar-refractivity contribution is 0.397. The smallest absolute Gasteiger partial charge is 0.212 e. The summed E-state index contributed by atoms with van der Waals surface area (Å²) < 4.78 is 7.10. The summed E-state index contributed by atoms with van der Waals surface area (Å²) in [5.41, 5.74) is 3.89. The molecule has 0 aliphatic heterocycles. The van der Waals surface area contributed by atoms with Crippen LogP contribution in [0.4, 0.5) is 0 Å². The molecule has 5 nitrogen and oxygen atoms in total. The molecule has 0 amide bonds. The van der Waals surface area contributed by atoms with Crippen LogP contribution in [0, 0.1) is 6.92 Å². The van der Waals surface area contributed by atoms with E-state index < -0.39 is 0 Å². The molecule has 3 heterocycles. The topological polar surface area (TPSA) is 52.8 Å². The lowest BCUT2D eigenvalue weighted by Gasteiger charge is -2.07. The van der Waals surface area contributed by atoms with Crippen molar-refractivity contribution < 1.29 is 4.74 Å². The van der Waals surface area contributed by atoms with Crippen molar-refractivity contribution in [3.05, 3.63) is 47.5 Å². The lowest BCUT2D eigenvalue weighted by Crippen LogP contribution is -2.05. The molecule has 108 valence electrons. The van der Waals surface area contributed by atoms with E-state index in [-0.39, 0.29) is 0 Å². The fourth-order valence-electron chi connectivity index (χ4n) is 2.26. The Morgan fingerprint density at radius 1 is 1.24 bits per heavy atom. The van der Waals surface area contributed by atoms with Crippen LogP contribution in [0.2, 0.25) is 0 Å². The minimum Gasteiger partial charge on any atom is -0.481 e. The number of methoxy groups -OCH3 is 1. The molecule has 0 N–H and O–H groups in total. The Labute approximate surface area is 127 Å². The molecule has 3 rings (SSSR count). The molecule has 0 radical (unpaired) electrons. The summed E-state index contributed by atoms with van der Waals surface area (Å²) in [6.07, 6.45) is 3.58. The fraction of sp³-hybridized carbons (Fsp3) is 0.267. The summed E-state index contributed by atoms with van der Waals surface area (Å²) in [4.78, 5) is 13.2. The number of halogens is 1. The number of fused-ring (bicyclic) bond motifs is 1. The third-order valence-electron chi connectivity index (χ3n) is 3.38. The van der Waals surface area contributed by atoms with E-state index in [1.807, 2.05) is 29.7 Å². The van der Waals surface area contributed by atoms with Gasteiger partial charge in [-0.15, -0.1) is 11.6 Å². The number of imidazole rings is 1. The van der Waals surface area contributed by atoms with Crippen LogP contribution in [0.25, 0.3) is 11.2 Å². The van der Waals surface area contributed by atoms with Gasteiger partial charge in [0.1, 0.15) is 11.3 Å². The number of aryl methyl sites for hydroxylation is 1. The first-order valence-corrected chi connectivity index (χ1v) is 7.12. The molecule has 6 heteroatoms. The molecule has 0 spiro atoms. The second kappa shape index (κ2) is 5.69. The van der Waals surface area contributed by atoms with Crippen LogP contribution in [0.15, 0.2) is 30.6 Å². The number of rotatable bonds is 4. The Balaban J connectivity index is 2.04. The summed E-state index contributed by atoms with van der Waals surface area (Å²) >= 11 is 6.02. The van der Waals surface area contributed by atoms with Gasteiger partial charge in [0.2, 0.25) is 5.88 Å². The first-order valence-electron chi connectivity index (χ1n) is 6.58. The third kappa shape index (κ3) is 2.56. The predicted octanol–water partition coefficient (Wildman–Crippen LogP) is 2.93. The molecule has 0 saturated heterocycles. The molecular formula is C15H15ClN4O. The quantitative estimate of drug-likeness (QED) is 0.695. The summed E-state index contributed by atoms with van der Waals surface area (Å²) in [7, 11) is 1.60. The molecule has 0 saturated carbocycles. The highest BCUT2D eigenvalue weighted by Gasteiger charge is 2.13. The van der Waals surface area contributed by atoms with E-state index in [4.69, 9.17) is 16.3 Å². The van der Waals surface area contributed by atoms with E-state index >= 15 is 0 Å². The van der Waals surface area contributed by atoms with Gasteiger partial charge >= 0.3 is 0 Å². The van der Waals surface area contributed by atoms with Crippen LogP contribution in [0.5, 0.6) is 5.88 Å². The summed E-state index contributed by atoms with van der Waals surface area (Å²) in [6, 6.07) is 5.77. The Bertz CT molecular complexity index is 767. The van der Waals surface area contributed by atoms with Crippen LogP contribution in [0.1, 0.15) is 17.0 Å². The Morgan fingerprint density at radius 3 is 2.76 bits per heavy atom. The first-order chi connectivity index (χ1) is 10.2. The van der Waals surface area contributed by atoms with Crippen LogP contribution in [0.3, 0.4) is 0 Å². The van der Waals surface area contributed by atoms with Gasteiger partial charge in [-0.3, -0.25) is 0 Å². The maximum atomic E-state index is 6.02.